The van der Waals surface area contributed by atoms with Crippen molar-refractivity contribution in [2.45, 2.75) is 50.6 Å². The Hall–Kier alpha value is -2.38. The third kappa shape index (κ3) is 5.36. The topological polar surface area (TPSA) is 78.5 Å². The van der Waals surface area contributed by atoms with Crippen molar-refractivity contribution in [3.8, 4) is 0 Å². The van der Waals surface area contributed by atoms with Gasteiger partial charge in [-0.1, -0.05) is 24.3 Å². The summed E-state index contributed by atoms with van der Waals surface area (Å²) < 4.78 is 28.0. The molecule has 0 aliphatic carbocycles. The predicted octanol–water partition coefficient (Wildman–Crippen LogP) is 3.40. The van der Waals surface area contributed by atoms with Gasteiger partial charge in [-0.3, -0.25) is 4.79 Å². The summed E-state index contributed by atoms with van der Waals surface area (Å²) in [6.45, 7) is 8.42. The maximum Gasteiger partial charge on any atom is 0.254 e. The molecule has 7 heteroatoms. The van der Waals surface area contributed by atoms with Gasteiger partial charge in [-0.25, -0.2) is 13.1 Å². The van der Waals surface area contributed by atoms with Gasteiger partial charge in [0.2, 0.25) is 10.0 Å². The molecule has 1 amide bonds. The third-order valence-electron chi connectivity index (χ3n) is 4.81. The molecule has 1 aliphatic rings. The van der Waals surface area contributed by atoms with Gasteiger partial charge in [0, 0.05) is 35.9 Å². The second-order valence-corrected chi connectivity index (χ2v) is 10.3. The average molecular weight is 416 g/mol. The van der Waals surface area contributed by atoms with E-state index < -0.39 is 15.6 Å². The monoisotopic (exact) mass is 415 g/mol. The van der Waals surface area contributed by atoms with Crippen LogP contribution in [0.2, 0.25) is 0 Å². The van der Waals surface area contributed by atoms with Gasteiger partial charge in [0.05, 0.1) is 4.90 Å². The molecule has 1 atom stereocenters. The van der Waals surface area contributed by atoms with Crippen LogP contribution in [-0.2, 0) is 10.0 Å². The van der Waals surface area contributed by atoms with Gasteiger partial charge in [0.1, 0.15) is 0 Å². The molecule has 29 heavy (non-hydrogen) atoms. The fraction of sp³-hybridized carbons (Fsp3) is 0.409. The van der Waals surface area contributed by atoms with Crippen LogP contribution in [0.1, 0.15) is 43.1 Å². The van der Waals surface area contributed by atoms with Crippen molar-refractivity contribution >= 4 is 21.6 Å². The molecule has 1 aliphatic heterocycles. The number of nitrogens with one attached hydrogen (secondary N) is 2. The van der Waals surface area contributed by atoms with E-state index in [0.29, 0.717) is 18.7 Å². The molecule has 1 fully saturated rings. The molecule has 0 spiro atoms. The summed E-state index contributed by atoms with van der Waals surface area (Å²) in [6.07, 6.45) is 0.850. The van der Waals surface area contributed by atoms with E-state index in [1.165, 1.54) is 6.07 Å². The minimum atomic E-state index is -3.70. The Morgan fingerprint density at radius 3 is 2.45 bits per heavy atom. The maximum atomic E-state index is 13.1. The number of hydrogen-bond acceptors (Lipinski definition) is 4. The molecular weight excluding hydrogens is 386 g/mol. The lowest BCUT2D eigenvalue weighted by molar-refractivity contribution is 0.0790. The maximum absolute atomic E-state index is 13.1. The summed E-state index contributed by atoms with van der Waals surface area (Å²) >= 11 is 0. The Bertz CT molecular complexity index is 982. The van der Waals surface area contributed by atoms with Gasteiger partial charge in [-0.15, -0.1) is 0 Å². The number of likely N-dealkylation sites (tertiary alicyclic amines) is 1. The molecule has 1 saturated heterocycles. The number of nitrogens with zero attached hydrogens (tertiary/aromatic N) is 1. The van der Waals surface area contributed by atoms with Crippen molar-refractivity contribution in [2.75, 3.05) is 18.4 Å². The first-order valence-corrected chi connectivity index (χ1v) is 11.3. The standard InChI is InChI=1S/C22H29N3O3S/c1-16-10-11-19(29(27,28)24-22(2,3)4)14-20(16)21(26)25-13-12-18(15-25)23-17-8-6-5-7-9-17/h5-11,14,18,23-24H,12-13,15H2,1-4H3. The number of anilines is 1. The summed E-state index contributed by atoms with van der Waals surface area (Å²) in [7, 11) is -3.70. The van der Waals surface area contributed by atoms with Crippen molar-refractivity contribution in [1.82, 2.24) is 9.62 Å². The van der Waals surface area contributed by atoms with Gasteiger partial charge < -0.3 is 10.2 Å². The highest BCUT2D eigenvalue weighted by molar-refractivity contribution is 7.89. The van der Waals surface area contributed by atoms with E-state index in [4.69, 9.17) is 0 Å². The third-order valence-corrected chi connectivity index (χ3v) is 6.57. The molecule has 2 N–H and O–H groups in total. The lowest BCUT2D eigenvalue weighted by Crippen LogP contribution is -2.40. The highest BCUT2D eigenvalue weighted by Crippen LogP contribution is 2.22. The van der Waals surface area contributed by atoms with Crippen LogP contribution in [0.5, 0.6) is 0 Å². The minimum absolute atomic E-state index is 0.111. The Morgan fingerprint density at radius 2 is 1.79 bits per heavy atom. The second-order valence-electron chi connectivity index (χ2n) is 8.58. The molecule has 2 aromatic carbocycles. The predicted molar refractivity (Wildman–Crippen MR) is 116 cm³/mol. The van der Waals surface area contributed by atoms with E-state index in [2.05, 4.69) is 10.0 Å². The van der Waals surface area contributed by atoms with Crippen molar-refractivity contribution in [2.24, 2.45) is 0 Å². The molecule has 1 heterocycles. The first kappa shape index (κ1) is 21.3. The van der Waals surface area contributed by atoms with Gasteiger partial charge in [0.15, 0.2) is 0 Å². The summed E-state index contributed by atoms with van der Waals surface area (Å²) in [4.78, 5) is 15.0. The Labute approximate surface area is 173 Å². The van der Waals surface area contributed by atoms with Crippen LogP contribution in [0.15, 0.2) is 53.4 Å². The summed E-state index contributed by atoms with van der Waals surface area (Å²) in [5, 5.41) is 3.45. The van der Waals surface area contributed by atoms with E-state index in [0.717, 1.165) is 17.7 Å². The minimum Gasteiger partial charge on any atom is -0.380 e. The number of carbonyl (C=O) groups is 1. The number of amides is 1. The van der Waals surface area contributed by atoms with Gasteiger partial charge in [0.25, 0.3) is 5.91 Å². The molecule has 1 unspecified atom stereocenters. The van der Waals surface area contributed by atoms with Gasteiger partial charge in [-0.2, -0.15) is 0 Å². The van der Waals surface area contributed by atoms with Crippen molar-refractivity contribution in [3.63, 3.8) is 0 Å². The van der Waals surface area contributed by atoms with Crippen LogP contribution < -0.4 is 10.0 Å². The molecule has 0 aromatic heterocycles. The van der Waals surface area contributed by atoms with E-state index >= 15 is 0 Å². The van der Waals surface area contributed by atoms with Crippen LogP contribution in [0.4, 0.5) is 5.69 Å². The molecule has 0 radical (unpaired) electrons. The fourth-order valence-electron chi connectivity index (χ4n) is 3.46. The molecular formula is C22H29N3O3S. The lowest BCUT2D eigenvalue weighted by atomic mass is 10.1. The Morgan fingerprint density at radius 1 is 1.10 bits per heavy atom. The number of hydrogen-bond donors (Lipinski definition) is 2. The van der Waals surface area contributed by atoms with Crippen molar-refractivity contribution in [1.29, 1.82) is 0 Å². The van der Waals surface area contributed by atoms with Crippen LogP contribution in [0.25, 0.3) is 0 Å². The van der Waals surface area contributed by atoms with E-state index in [1.54, 1.807) is 37.8 Å². The van der Waals surface area contributed by atoms with Gasteiger partial charge in [-0.05, 0) is 63.9 Å². The molecule has 0 bridgehead atoms. The summed E-state index contributed by atoms with van der Waals surface area (Å²) in [6, 6.07) is 14.8. The zero-order chi connectivity index (χ0) is 21.2. The number of rotatable bonds is 5. The highest BCUT2D eigenvalue weighted by Gasteiger charge is 2.29. The second kappa shape index (κ2) is 8.16. The smallest absolute Gasteiger partial charge is 0.254 e. The Kier molecular flexibility index (Phi) is 6.00. The van der Waals surface area contributed by atoms with E-state index in [1.807, 2.05) is 37.3 Å². The van der Waals surface area contributed by atoms with Crippen LogP contribution >= 0.6 is 0 Å². The first-order chi connectivity index (χ1) is 13.5. The van der Waals surface area contributed by atoms with Crippen LogP contribution in [0.3, 0.4) is 0 Å². The first-order valence-electron chi connectivity index (χ1n) is 9.81. The Balaban J connectivity index is 1.76. The largest absolute Gasteiger partial charge is 0.380 e. The van der Waals surface area contributed by atoms with Crippen LogP contribution in [0, 0.1) is 6.92 Å². The van der Waals surface area contributed by atoms with Crippen molar-refractivity contribution in [3.05, 3.63) is 59.7 Å². The summed E-state index contributed by atoms with van der Waals surface area (Å²) in [5.74, 6) is -0.132. The molecule has 6 nitrogen and oxygen atoms in total. The number of para-hydroxylation sites is 1. The average Bonchev–Trinajstić information content (AvgIpc) is 3.08. The molecule has 3 rings (SSSR count). The van der Waals surface area contributed by atoms with Gasteiger partial charge >= 0.3 is 0 Å². The quantitative estimate of drug-likeness (QED) is 0.785. The SMILES string of the molecule is Cc1ccc(S(=O)(=O)NC(C)(C)C)cc1C(=O)N1CCC(Nc2ccccc2)C1. The number of sulfonamides is 1. The molecule has 156 valence electrons. The lowest BCUT2D eigenvalue weighted by Gasteiger charge is -2.22. The van der Waals surface area contributed by atoms with E-state index in [9.17, 15) is 13.2 Å². The number of benzene rings is 2. The zero-order valence-electron chi connectivity index (χ0n) is 17.4. The van der Waals surface area contributed by atoms with Crippen LogP contribution in [-0.4, -0.2) is 43.9 Å². The molecule has 0 saturated carbocycles. The zero-order valence-corrected chi connectivity index (χ0v) is 18.2. The normalized spacial score (nSPS) is 17.4. The summed E-state index contributed by atoms with van der Waals surface area (Å²) in [5.41, 5.74) is 1.63. The van der Waals surface area contributed by atoms with E-state index in [-0.39, 0.29) is 16.8 Å². The number of aryl methyl sites for hydroxylation is 1. The highest BCUT2D eigenvalue weighted by atomic mass is 32.2. The fourth-order valence-corrected chi connectivity index (χ4v) is 4.91. The number of carbonyl (C=O) groups excluding carboxylic acids is 1. The van der Waals surface area contributed by atoms with Crippen molar-refractivity contribution < 1.29 is 13.2 Å². The molecule has 2 aromatic rings.